The molecule has 2 rings (SSSR count). The molecule has 0 aliphatic carbocycles. The van der Waals surface area contributed by atoms with Crippen LogP contribution in [0.4, 0.5) is 15.8 Å². The van der Waals surface area contributed by atoms with Crippen LogP contribution in [0.3, 0.4) is 0 Å². The van der Waals surface area contributed by atoms with Gasteiger partial charge in [0.2, 0.25) is 0 Å². The second kappa shape index (κ2) is 5.57. The van der Waals surface area contributed by atoms with E-state index in [2.05, 4.69) is 10.4 Å². The number of anilines is 1. The number of halogens is 1. The van der Waals surface area contributed by atoms with Gasteiger partial charge < -0.3 is 11.1 Å². The fraction of sp³-hybridized carbons (Fsp3) is 0.167. The molecule has 1 aromatic heterocycles. The third-order valence-electron chi connectivity index (χ3n) is 2.81. The van der Waals surface area contributed by atoms with E-state index in [1.54, 1.807) is 17.9 Å². The third kappa shape index (κ3) is 2.96. The lowest BCUT2D eigenvalue weighted by Crippen LogP contribution is -2.25. The van der Waals surface area contributed by atoms with Crippen LogP contribution in [0.25, 0.3) is 0 Å². The quantitative estimate of drug-likeness (QED) is 0.495. The molecule has 21 heavy (non-hydrogen) atoms. The molecule has 1 aromatic carbocycles. The number of nitrogen functional groups attached to an aromatic ring is 1. The van der Waals surface area contributed by atoms with E-state index in [4.69, 9.17) is 5.73 Å². The molecule has 9 heteroatoms. The van der Waals surface area contributed by atoms with Crippen molar-refractivity contribution in [3.05, 3.63) is 51.6 Å². The molecule has 3 N–H and O–H groups in total. The zero-order chi connectivity index (χ0) is 15.6. The summed E-state index contributed by atoms with van der Waals surface area (Å²) in [6.45, 7) is 0.105. The van der Waals surface area contributed by atoms with Gasteiger partial charge in [-0.05, 0) is 6.07 Å². The minimum absolute atomic E-state index is 0.105. The molecule has 0 bridgehead atoms. The number of carbonyl (C=O) groups excluding carboxylic acids is 1. The summed E-state index contributed by atoms with van der Waals surface area (Å²) in [5.41, 5.74) is 4.66. The summed E-state index contributed by atoms with van der Waals surface area (Å²) in [6.07, 6.45) is 3.21. The van der Waals surface area contributed by atoms with Crippen LogP contribution < -0.4 is 11.1 Å². The number of nitro groups is 1. The highest BCUT2D eigenvalue weighted by Crippen LogP contribution is 2.27. The van der Waals surface area contributed by atoms with Gasteiger partial charge in [0, 0.05) is 31.4 Å². The van der Waals surface area contributed by atoms with Crippen molar-refractivity contribution in [2.75, 3.05) is 5.73 Å². The second-order valence-electron chi connectivity index (χ2n) is 4.32. The molecule has 0 radical (unpaired) electrons. The van der Waals surface area contributed by atoms with Crippen molar-refractivity contribution in [3.8, 4) is 0 Å². The number of hydrogen-bond donors (Lipinski definition) is 2. The first-order valence-corrected chi connectivity index (χ1v) is 5.88. The summed E-state index contributed by atoms with van der Waals surface area (Å²) in [4.78, 5) is 21.9. The SMILES string of the molecule is Cn1cc(CNC(=O)c2c(F)ccc([N+](=O)[O-])c2N)cn1. The molecule has 0 aliphatic heterocycles. The van der Waals surface area contributed by atoms with Gasteiger partial charge in [-0.3, -0.25) is 19.6 Å². The fourth-order valence-corrected chi connectivity index (χ4v) is 1.81. The Kier molecular flexibility index (Phi) is 3.83. The maximum atomic E-state index is 13.7. The van der Waals surface area contributed by atoms with Gasteiger partial charge in [-0.15, -0.1) is 0 Å². The minimum Gasteiger partial charge on any atom is -0.392 e. The van der Waals surface area contributed by atoms with Crippen LogP contribution in [0.5, 0.6) is 0 Å². The zero-order valence-electron chi connectivity index (χ0n) is 11.0. The number of nitrogens with zero attached hydrogens (tertiary/aromatic N) is 3. The van der Waals surface area contributed by atoms with E-state index < -0.39 is 33.6 Å². The molecule has 1 amide bonds. The Labute approximate surface area is 118 Å². The van der Waals surface area contributed by atoms with Gasteiger partial charge in [0.1, 0.15) is 17.1 Å². The van der Waals surface area contributed by atoms with Crippen molar-refractivity contribution in [2.45, 2.75) is 6.54 Å². The molecule has 110 valence electrons. The summed E-state index contributed by atoms with van der Waals surface area (Å²) in [5.74, 6) is -1.74. The van der Waals surface area contributed by atoms with Crippen molar-refractivity contribution < 1.29 is 14.1 Å². The molecular formula is C12H12FN5O3. The van der Waals surface area contributed by atoms with Gasteiger partial charge in [-0.25, -0.2) is 4.39 Å². The van der Waals surface area contributed by atoms with Crippen LogP contribution in [0.15, 0.2) is 24.5 Å². The maximum absolute atomic E-state index is 13.7. The lowest BCUT2D eigenvalue weighted by Gasteiger charge is -2.08. The number of rotatable bonds is 4. The Morgan fingerprint density at radius 2 is 2.29 bits per heavy atom. The molecule has 0 saturated carbocycles. The van der Waals surface area contributed by atoms with Gasteiger partial charge in [0.15, 0.2) is 0 Å². The number of nitrogens with two attached hydrogens (primary N) is 1. The summed E-state index contributed by atoms with van der Waals surface area (Å²) in [5, 5.41) is 17.1. The van der Waals surface area contributed by atoms with Crippen LogP contribution in [-0.4, -0.2) is 20.6 Å². The third-order valence-corrected chi connectivity index (χ3v) is 2.81. The van der Waals surface area contributed by atoms with Gasteiger partial charge in [-0.1, -0.05) is 0 Å². The molecule has 0 atom stereocenters. The first-order valence-electron chi connectivity index (χ1n) is 5.88. The monoisotopic (exact) mass is 293 g/mol. The Hall–Kier alpha value is -2.97. The van der Waals surface area contributed by atoms with E-state index in [1.807, 2.05) is 0 Å². The first kappa shape index (κ1) is 14.4. The van der Waals surface area contributed by atoms with E-state index in [0.717, 1.165) is 12.1 Å². The number of nitrogens with one attached hydrogen (secondary N) is 1. The Morgan fingerprint density at radius 1 is 1.57 bits per heavy atom. The van der Waals surface area contributed by atoms with Gasteiger partial charge in [-0.2, -0.15) is 5.10 Å². The Balaban J connectivity index is 2.22. The van der Waals surface area contributed by atoms with Gasteiger partial charge >= 0.3 is 0 Å². The lowest BCUT2D eigenvalue weighted by molar-refractivity contribution is -0.384. The molecular weight excluding hydrogens is 281 g/mol. The normalized spacial score (nSPS) is 10.4. The largest absolute Gasteiger partial charge is 0.392 e. The minimum atomic E-state index is -0.915. The number of hydrogen-bond acceptors (Lipinski definition) is 5. The van der Waals surface area contributed by atoms with E-state index in [-0.39, 0.29) is 6.54 Å². The maximum Gasteiger partial charge on any atom is 0.293 e. The molecule has 8 nitrogen and oxygen atoms in total. The fourth-order valence-electron chi connectivity index (χ4n) is 1.81. The molecule has 0 fully saturated rings. The molecule has 0 unspecified atom stereocenters. The van der Waals surface area contributed by atoms with Crippen LogP contribution in [0.1, 0.15) is 15.9 Å². The Bertz CT molecular complexity index is 713. The van der Waals surface area contributed by atoms with E-state index >= 15 is 0 Å². The molecule has 2 aromatic rings. The highest BCUT2D eigenvalue weighted by Gasteiger charge is 2.23. The highest BCUT2D eigenvalue weighted by molar-refractivity contribution is 6.01. The summed E-state index contributed by atoms with van der Waals surface area (Å²) >= 11 is 0. The van der Waals surface area contributed by atoms with Crippen molar-refractivity contribution in [1.82, 2.24) is 15.1 Å². The smallest absolute Gasteiger partial charge is 0.293 e. The van der Waals surface area contributed by atoms with Gasteiger partial charge in [0.25, 0.3) is 11.6 Å². The number of carbonyl (C=O) groups is 1. The summed E-state index contributed by atoms with van der Waals surface area (Å²) in [7, 11) is 1.71. The Morgan fingerprint density at radius 3 is 2.86 bits per heavy atom. The van der Waals surface area contributed by atoms with E-state index in [1.165, 1.54) is 6.20 Å². The van der Waals surface area contributed by atoms with E-state index in [9.17, 15) is 19.3 Å². The zero-order valence-corrected chi connectivity index (χ0v) is 11.0. The van der Waals surface area contributed by atoms with Gasteiger partial charge in [0.05, 0.1) is 11.1 Å². The standard InChI is InChI=1S/C12H12FN5O3/c1-17-6-7(5-16-17)4-15-12(19)10-8(13)2-3-9(11(10)14)18(20)21/h2-3,5-6H,4,14H2,1H3,(H,15,19). The highest BCUT2D eigenvalue weighted by atomic mass is 19.1. The molecule has 0 aliphatic rings. The second-order valence-corrected chi connectivity index (χ2v) is 4.32. The number of aromatic nitrogens is 2. The van der Waals surface area contributed by atoms with E-state index in [0.29, 0.717) is 5.56 Å². The summed E-state index contributed by atoms with van der Waals surface area (Å²) in [6, 6.07) is 1.76. The van der Waals surface area contributed by atoms with Crippen molar-refractivity contribution in [3.63, 3.8) is 0 Å². The van der Waals surface area contributed by atoms with Crippen molar-refractivity contribution in [2.24, 2.45) is 7.05 Å². The average molecular weight is 293 g/mol. The predicted octanol–water partition coefficient (Wildman–Crippen LogP) is 0.980. The number of amides is 1. The van der Waals surface area contributed by atoms with Crippen molar-refractivity contribution >= 4 is 17.3 Å². The summed E-state index contributed by atoms with van der Waals surface area (Å²) < 4.78 is 15.2. The lowest BCUT2D eigenvalue weighted by atomic mass is 10.1. The number of benzene rings is 1. The molecule has 1 heterocycles. The van der Waals surface area contributed by atoms with Crippen molar-refractivity contribution in [1.29, 1.82) is 0 Å². The first-order chi connectivity index (χ1) is 9.90. The van der Waals surface area contributed by atoms with Crippen LogP contribution in [0.2, 0.25) is 0 Å². The molecule has 0 saturated heterocycles. The number of nitro benzene ring substituents is 1. The topological polar surface area (TPSA) is 116 Å². The van der Waals surface area contributed by atoms with Crippen LogP contribution in [-0.2, 0) is 13.6 Å². The average Bonchev–Trinajstić information content (AvgIpc) is 2.82. The number of aryl methyl sites for hydroxylation is 1. The molecule has 0 spiro atoms. The van der Waals surface area contributed by atoms with Crippen LogP contribution >= 0.6 is 0 Å². The van der Waals surface area contributed by atoms with Crippen LogP contribution in [0, 0.1) is 15.9 Å². The predicted molar refractivity (Wildman–Crippen MR) is 71.8 cm³/mol.